The van der Waals surface area contributed by atoms with E-state index in [2.05, 4.69) is 20.9 Å². The maximum atomic E-state index is 10.3. The molecule has 2 atom stereocenters. The van der Waals surface area contributed by atoms with E-state index >= 15 is 0 Å². The van der Waals surface area contributed by atoms with E-state index in [0.29, 0.717) is 6.42 Å². The minimum atomic E-state index is -0.499. The number of hydrogen-bond acceptors (Lipinski definition) is 3. The Morgan fingerprint density at radius 1 is 1.32 bits per heavy atom. The number of pyridine rings is 1. The molecule has 0 spiro atoms. The predicted octanol–water partition coefficient (Wildman–Crippen LogP) is 3.71. The fourth-order valence-corrected chi connectivity index (χ4v) is 2.76. The highest BCUT2D eigenvalue weighted by Crippen LogP contribution is 2.42. The summed E-state index contributed by atoms with van der Waals surface area (Å²) < 4.78 is 6.97. The molecule has 1 aromatic heterocycles. The van der Waals surface area contributed by atoms with Crippen molar-refractivity contribution < 1.29 is 9.84 Å². The lowest BCUT2D eigenvalue weighted by molar-refractivity contribution is 0.0652. The van der Waals surface area contributed by atoms with Crippen LogP contribution in [0.25, 0.3) is 0 Å². The van der Waals surface area contributed by atoms with E-state index in [4.69, 9.17) is 4.74 Å². The van der Waals surface area contributed by atoms with E-state index in [1.165, 1.54) is 0 Å². The molecule has 0 radical (unpaired) electrons. The van der Waals surface area contributed by atoms with E-state index in [9.17, 15) is 5.11 Å². The molecule has 0 bridgehead atoms. The van der Waals surface area contributed by atoms with Gasteiger partial charge < -0.3 is 9.84 Å². The third kappa shape index (κ3) is 2.38. The van der Waals surface area contributed by atoms with E-state index in [1.54, 1.807) is 6.20 Å². The molecule has 4 heteroatoms. The second-order valence-electron chi connectivity index (χ2n) is 4.77. The summed E-state index contributed by atoms with van der Waals surface area (Å²) in [6, 6.07) is 7.68. The monoisotopic (exact) mass is 319 g/mol. The van der Waals surface area contributed by atoms with Crippen LogP contribution in [0.5, 0.6) is 5.75 Å². The molecule has 0 amide bonds. The van der Waals surface area contributed by atoms with Gasteiger partial charge in [0.15, 0.2) is 0 Å². The average Bonchev–Trinajstić information content (AvgIpc) is 2.38. The Morgan fingerprint density at radius 3 is 2.95 bits per heavy atom. The van der Waals surface area contributed by atoms with Crippen LogP contribution >= 0.6 is 15.9 Å². The number of aryl methyl sites for hydroxylation is 1. The van der Waals surface area contributed by atoms with Crippen LogP contribution in [0.4, 0.5) is 0 Å². The van der Waals surface area contributed by atoms with Crippen LogP contribution in [0.1, 0.15) is 35.3 Å². The van der Waals surface area contributed by atoms with Crippen LogP contribution < -0.4 is 4.74 Å². The zero-order valence-electron chi connectivity index (χ0n) is 10.5. The van der Waals surface area contributed by atoms with Crippen LogP contribution in [-0.4, -0.2) is 10.1 Å². The number of nitrogens with zero attached hydrogens (tertiary/aromatic N) is 1. The summed E-state index contributed by atoms with van der Waals surface area (Å²) in [6.07, 6.45) is 3.49. The Labute approximate surface area is 120 Å². The standard InChI is InChI=1S/C15H14BrNO2/c1-9-4-5-17-8-12(9)15-7-13(18)11-3-2-10(16)6-14(11)19-15/h2-6,8,13,15,18H,7H2,1H3/t13-,15?/m1/s1. The smallest absolute Gasteiger partial charge is 0.128 e. The van der Waals surface area contributed by atoms with Crippen LogP contribution in [-0.2, 0) is 0 Å². The fraction of sp³-hybridized carbons (Fsp3) is 0.267. The third-order valence-electron chi connectivity index (χ3n) is 3.47. The zero-order chi connectivity index (χ0) is 13.4. The van der Waals surface area contributed by atoms with Crippen molar-refractivity contribution in [3.05, 3.63) is 57.8 Å². The molecule has 19 heavy (non-hydrogen) atoms. The van der Waals surface area contributed by atoms with Gasteiger partial charge in [-0.2, -0.15) is 0 Å². The summed E-state index contributed by atoms with van der Waals surface area (Å²) in [5.41, 5.74) is 3.01. The number of rotatable bonds is 1. The molecule has 1 aliphatic rings. The first-order chi connectivity index (χ1) is 9.15. The van der Waals surface area contributed by atoms with Gasteiger partial charge in [-0.3, -0.25) is 4.98 Å². The van der Waals surface area contributed by atoms with E-state index in [1.807, 2.05) is 37.4 Å². The maximum Gasteiger partial charge on any atom is 0.128 e. The number of halogens is 1. The molecule has 0 fully saturated rings. The SMILES string of the molecule is Cc1ccncc1C1C[C@@H](O)c2ccc(Br)cc2O1. The predicted molar refractivity (Wildman–Crippen MR) is 76.1 cm³/mol. The minimum absolute atomic E-state index is 0.148. The molecule has 0 saturated carbocycles. The maximum absolute atomic E-state index is 10.3. The van der Waals surface area contributed by atoms with Gasteiger partial charge in [0.25, 0.3) is 0 Å². The Kier molecular flexibility index (Phi) is 3.29. The second-order valence-corrected chi connectivity index (χ2v) is 5.69. The highest BCUT2D eigenvalue weighted by molar-refractivity contribution is 9.10. The normalized spacial score (nSPS) is 21.6. The third-order valence-corrected chi connectivity index (χ3v) is 3.96. The molecule has 0 saturated heterocycles. The van der Waals surface area contributed by atoms with Gasteiger partial charge in [0.05, 0.1) is 6.10 Å². The van der Waals surface area contributed by atoms with Crippen molar-refractivity contribution in [2.24, 2.45) is 0 Å². The number of aliphatic hydroxyl groups is 1. The van der Waals surface area contributed by atoms with E-state index in [0.717, 1.165) is 26.9 Å². The van der Waals surface area contributed by atoms with Crippen molar-refractivity contribution >= 4 is 15.9 Å². The van der Waals surface area contributed by atoms with Crippen LogP contribution in [0.2, 0.25) is 0 Å². The van der Waals surface area contributed by atoms with Crippen molar-refractivity contribution in [3.63, 3.8) is 0 Å². The number of ether oxygens (including phenoxy) is 1. The van der Waals surface area contributed by atoms with Crippen LogP contribution in [0.3, 0.4) is 0 Å². The van der Waals surface area contributed by atoms with Gasteiger partial charge in [-0.1, -0.05) is 22.0 Å². The molecular weight excluding hydrogens is 306 g/mol. The number of aliphatic hydroxyl groups excluding tert-OH is 1. The summed E-state index contributed by atoms with van der Waals surface area (Å²) in [7, 11) is 0. The highest BCUT2D eigenvalue weighted by Gasteiger charge is 2.29. The molecule has 1 aliphatic heterocycles. The van der Waals surface area contributed by atoms with Crippen molar-refractivity contribution in [1.29, 1.82) is 0 Å². The molecule has 98 valence electrons. The lowest BCUT2D eigenvalue weighted by Gasteiger charge is -2.30. The van der Waals surface area contributed by atoms with Crippen molar-refractivity contribution in [2.75, 3.05) is 0 Å². The summed E-state index contributed by atoms with van der Waals surface area (Å²) in [4.78, 5) is 4.15. The zero-order valence-corrected chi connectivity index (χ0v) is 12.1. The van der Waals surface area contributed by atoms with Gasteiger partial charge in [0, 0.05) is 34.4 Å². The van der Waals surface area contributed by atoms with Crippen molar-refractivity contribution in [1.82, 2.24) is 4.98 Å². The first-order valence-corrected chi connectivity index (χ1v) is 6.99. The summed E-state index contributed by atoms with van der Waals surface area (Å²) in [5.74, 6) is 0.737. The Morgan fingerprint density at radius 2 is 2.16 bits per heavy atom. The lowest BCUT2D eigenvalue weighted by Crippen LogP contribution is -2.19. The number of fused-ring (bicyclic) bond motifs is 1. The molecule has 2 aromatic rings. The van der Waals surface area contributed by atoms with E-state index < -0.39 is 6.10 Å². The molecular formula is C15H14BrNO2. The van der Waals surface area contributed by atoms with E-state index in [-0.39, 0.29) is 6.10 Å². The van der Waals surface area contributed by atoms with Gasteiger partial charge in [-0.05, 0) is 30.7 Å². The molecule has 1 unspecified atom stereocenters. The molecule has 2 heterocycles. The van der Waals surface area contributed by atoms with Gasteiger partial charge in [0.2, 0.25) is 0 Å². The Balaban J connectivity index is 1.99. The van der Waals surface area contributed by atoms with Gasteiger partial charge >= 0.3 is 0 Å². The first-order valence-electron chi connectivity index (χ1n) is 6.20. The van der Waals surface area contributed by atoms with Gasteiger partial charge in [0.1, 0.15) is 11.9 Å². The lowest BCUT2D eigenvalue weighted by atomic mass is 9.94. The fourth-order valence-electron chi connectivity index (χ4n) is 2.42. The number of aromatic nitrogens is 1. The van der Waals surface area contributed by atoms with Crippen molar-refractivity contribution in [3.8, 4) is 5.75 Å². The average molecular weight is 320 g/mol. The summed E-state index contributed by atoms with van der Waals surface area (Å²) in [5, 5.41) is 10.3. The molecule has 0 aliphatic carbocycles. The quantitative estimate of drug-likeness (QED) is 0.871. The minimum Gasteiger partial charge on any atom is -0.485 e. The number of hydrogen-bond donors (Lipinski definition) is 1. The Hall–Kier alpha value is -1.39. The first kappa shape index (κ1) is 12.6. The van der Waals surface area contributed by atoms with Gasteiger partial charge in [-0.25, -0.2) is 0 Å². The second kappa shape index (κ2) is 4.94. The topological polar surface area (TPSA) is 42.4 Å². The molecule has 1 aromatic carbocycles. The summed E-state index contributed by atoms with van der Waals surface area (Å²) in [6.45, 7) is 2.03. The van der Waals surface area contributed by atoms with Crippen molar-refractivity contribution in [2.45, 2.75) is 25.6 Å². The number of benzene rings is 1. The van der Waals surface area contributed by atoms with Gasteiger partial charge in [-0.15, -0.1) is 0 Å². The van der Waals surface area contributed by atoms with Crippen LogP contribution in [0.15, 0.2) is 41.1 Å². The molecule has 3 nitrogen and oxygen atoms in total. The summed E-state index contributed by atoms with van der Waals surface area (Å²) >= 11 is 3.43. The largest absolute Gasteiger partial charge is 0.485 e. The molecule has 1 N–H and O–H groups in total. The Bertz CT molecular complexity index is 615. The molecule has 3 rings (SSSR count). The highest BCUT2D eigenvalue weighted by atomic mass is 79.9. The van der Waals surface area contributed by atoms with Crippen LogP contribution in [0, 0.1) is 6.92 Å².